The van der Waals surface area contributed by atoms with Crippen LogP contribution in [-0.4, -0.2) is 60.4 Å². The lowest BCUT2D eigenvalue weighted by Crippen LogP contribution is -2.40. The van der Waals surface area contributed by atoms with Crippen LogP contribution in [0.1, 0.15) is 36.8 Å². The number of anilines is 1. The van der Waals surface area contributed by atoms with Gasteiger partial charge in [0.2, 0.25) is 5.91 Å². The van der Waals surface area contributed by atoms with Gasteiger partial charge in [-0.2, -0.15) is 5.10 Å². The van der Waals surface area contributed by atoms with E-state index in [4.69, 9.17) is 26.2 Å². The van der Waals surface area contributed by atoms with Crippen LogP contribution < -0.4 is 10.1 Å². The molecule has 0 radical (unpaired) electrons. The Morgan fingerprint density at radius 2 is 1.77 bits per heavy atom. The van der Waals surface area contributed by atoms with Crippen molar-refractivity contribution >= 4 is 29.2 Å². The minimum absolute atomic E-state index is 0.175. The highest BCUT2D eigenvalue weighted by Crippen LogP contribution is 2.27. The fraction of sp³-hybridized carbons (Fsp3) is 0.346. The Kier molecular flexibility index (Phi) is 8.53. The number of carbonyl (C=O) groups is 2. The number of halogens is 1. The third-order valence-corrected chi connectivity index (χ3v) is 5.68. The Morgan fingerprint density at radius 1 is 1.09 bits per heavy atom. The number of methoxy groups -OCH3 is 2. The Balaban J connectivity index is 1.87. The number of aromatic nitrogens is 2. The van der Waals surface area contributed by atoms with E-state index < -0.39 is 0 Å². The number of hydrogen-bond acceptors (Lipinski definition) is 5. The summed E-state index contributed by atoms with van der Waals surface area (Å²) in [6.07, 6.45) is 0. The average molecular weight is 499 g/mol. The number of amides is 2. The molecule has 8 nitrogen and oxygen atoms in total. The molecule has 0 aliphatic heterocycles. The van der Waals surface area contributed by atoms with Crippen molar-refractivity contribution < 1.29 is 19.1 Å². The molecule has 2 aromatic carbocycles. The van der Waals surface area contributed by atoms with Crippen molar-refractivity contribution in [2.75, 3.05) is 39.2 Å². The Hall–Kier alpha value is -3.36. The van der Waals surface area contributed by atoms with Gasteiger partial charge in [0.15, 0.2) is 0 Å². The van der Waals surface area contributed by atoms with Gasteiger partial charge in [0, 0.05) is 25.1 Å². The number of carbonyl (C=O) groups excluding carboxylic acids is 2. The average Bonchev–Trinajstić information content (AvgIpc) is 3.26. The lowest BCUT2D eigenvalue weighted by molar-refractivity contribution is -0.117. The zero-order chi connectivity index (χ0) is 25.6. The van der Waals surface area contributed by atoms with Gasteiger partial charge < -0.3 is 19.7 Å². The van der Waals surface area contributed by atoms with Crippen molar-refractivity contribution in [2.45, 2.75) is 26.2 Å². The molecule has 0 unspecified atom stereocenters. The van der Waals surface area contributed by atoms with Gasteiger partial charge >= 0.3 is 0 Å². The van der Waals surface area contributed by atoms with Gasteiger partial charge in [0.05, 0.1) is 35.7 Å². The summed E-state index contributed by atoms with van der Waals surface area (Å²) in [7, 11) is 3.14. The zero-order valence-corrected chi connectivity index (χ0v) is 21.4. The molecule has 1 aromatic heterocycles. The van der Waals surface area contributed by atoms with Crippen LogP contribution in [0, 0.1) is 0 Å². The van der Waals surface area contributed by atoms with Gasteiger partial charge in [0.25, 0.3) is 5.91 Å². The molecule has 1 heterocycles. The SMILES string of the molecule is COCCN(CC(=O)Nc1cc(C(C)(C)C)nn1-c1ccc(OC)cc1)C(=O)c1ccccc1Cl. The second-order valence-electron chi connectivity index (χ2n) is 9.02. The highest BCUT2D eigenvalue weighted by atomic mass is 35.5. The molecule has 3 aromatic rings. The third-order valence-electron chi connectivity index (χ3n) is 5.35. The van der Waals surface area contributed by atoms with Gasteiger partial charge in [-0.3, -0.25) is 9.59 Å². The van der Waals surface area contributed by atoms with Gasteiger partial charge in [-0.15, -0.1) is 0 Å². The molecule has 3 rings (SSSR count). The molecule has 9 heteroatoms. The summed E-state index contributed by atoms with van der Waals surface area (Å²) in [6, 6.07) is 16.0. The van der Waals surface area contributed by atoms with Crippen molar-refractivity contribution in [3.8, 4) is 11.4 Å². The maximum Gasteiger partial charge on any atom is 0.255 e. The molecule has 186 valence electrons. The highest BCUT2D eigenvalue weighted by Gasteiger charge is 2.24. The van der Waals surface area contributed by atoms with Crippen molar-refractivity contribution in [3.63, 3.8) is 0 Å². The lowest BCUT2D eigenvalue weighted by atomic mass is 9.92. The molecule has 1 N–H and O–H groups in total. The number of hydrogen-bond donors (Lipinski definition) is 1. The van der Waals surface area contributed by atoms with E-state index in [9.17, 15) is 9.59 Å². The maximum absolute atomic E-state index is 13.1. The van der Waals surface area contributed by atoms with Crippen LogP contribution in [0.5, 0.6) is 5.75 Å². The predicted octanol–water partition coefficient (Wildman–Crippen LogP) is 4.56. The molecule has 0 aliphatic carbocycles. The van der Waals surface area contributed by atoms with Crippen LogP contribution in [0.4, 0.5) is 5.82 Å². The molecule has 0 atom stereocenters. The van der Waals surface area contributed by atoms with Gasteiger partial charge in [0.1, 0.15) is 18.1 Å². The van der Waals surface area contributed by atoms with Gasteiger partial charge in [-0.25, -0.2) is 4.68 Å². The minimum Gasteiger partial charge on any atom is -0.497 e. The summed E-state index contributed by atoms with van der Waals surface area (Å²) < 4.78 is 12.1. The molecule has 0 bridgehead atoms. The fourth-order valence-electron chi connectivity index (χ4n) is 3.37. The summed E-state index contributed by atoms with van der Waals surface area (Å²) in [5, 5.41) is 7.97. The highest BCUT2D eigenvalue weighted by molar-refractivity contribution is 6.33. The van der Waals surface area contributed by atoms with E-state index in [1.165, 1.54) is 4.90 Å². The lowest BCUT2D eigenvalue weighted by Gasteiger charge is -2.22. The number of rotatable bonds is 9. The first-order chi connectivity index (χ1) is 16.6. The van der Waals surface area contributed by atoms with Crippen LogP contribution in [0.2, 0.25) is 5.02 Å². The topological polar surface area (TPSA) is 85.7 Å². The van der Waals surface area contributed by atoms with E-state index in [1.807, 2.05) is 51.1 Å². The zero-order valence-electron chi connectivity index (χ0n) is 20.7. The molecule has 0 saturated heterocycles. The minimum atomic E-state index is -0.364. The van der Waals surface area contributed by atoms with Crippen molar-refractivity contribution in [2.24, 2.45) is 0 Å². The molecule has 0 spiro atoms. The van der Waals surface area contributed by atoms with E-state index in [0.29, 0.717) is 16.4 Å². The third kappa shape index (κ3) is 6.61. The summed E-state index contributed by atoms with van der Waals surface area (Å²) in [6.45, 7) is 6.49. The largest absolute Gasteiger partial charge is 0.497 e. The Morgan fingerprint density at radius 3 is 2.37 bits per heavy atom. The predicted molar refractivity (Wildman–Crippen MR) is 137 cm³/mol. The summed E-state index contributed by atoms with van der Waals surface area (Å²) in [5.74, 6) is 0.509. The van der Waals surface area contributed by atoms with Crippen molar-refractivity contribution in [1.82, 2.24) is 14.7 Å². The molecular weight excluding hydrogens is 468 g/mol. The first kappa shape index (κ1) is 26.2. The van der Waals surface area contributed by atoms with E-state index in [2.05, 4.69) is 5.32 Å². The second-order valence-corrected chi connectivity index (χ2v) is 9.43. The Bertz CT molecular complexity index is 1170. The van der Waals surface area contributed by atoms with Crippen molar-refractivity contribution in [1.29, 1.82) is 0 Å². The van der Waals surface area contributed by atoms with E-state index in [1.54, 1.807) is 43.2 Å². The smallest absolute Gasteiger partial charge is 0.255 e. The molecule has 2 amide bonds. The Labute approximate surface area is 210 Å². The molecular formula is C26H31ClN4O4. The molecule has 0 aliphatic rings. The van der Waals surface area contributed by atoms with Crippen LogP contribution in [0.15, 0.2) is 54.6 Å². The number of benzene rings is 2. The van der Waals surface area contributed by atoms with Crippen LogP contribution in [0.3, 0.4) is 0 Å². The summed E-state index contributed by atoms with van der Waals surface area (Å²) in [4.78, 5) is 27.6. The molecule has 35 heavy (non-hydrogen) atoms. The van der Waals surface area contributed by atoms with E-state index >= 15 is 0 Å². The van der Waals surface area contributed by atoms with Gasteiger partial charge in [-0.1, -0.05) is 44.5 Å². The van der Waals surface area contributed by atoms with E-state index in [-0.39, 0.29) is 36.9 Å². The van der Waals surface area contributed by atoms with E-state index in [0.717, 1.165) is 17.1 Å². The standard InChI is InChI=1S/C26H31ClN4O4/c1-26(2,3)22-16-23(31(29-22)18-10-12-19(35-5)13-11-18)28-24(32)17-30(14-15-34-4)25(33)20-8-6-7-9-21(20)27/h6-13,16H,14-15,17H2,1-5H3,(H,28,32). The number of nitrogens with zero attached hydrogens (tertiary/aromatic N) is 3. The molecule has 0 fully saturated rings. The van der Waals surface area contributed by atoms with Gasteiger partial charge in [-0.05, 0) is 36.4 Å². The van der Waals surface area contributed by atoms with Crippen LogP contribution in [0.25, 0.3) is 5.69 Å². The fourth-order valence-corrected chi connectivity index (χ4v) is 3.59. The first-order valence-corrected chi connectivity index (χ1v) is 11.6. The quantitative estimate of drug-likeness (QED) is 0.467. The first-order valence-electron chi connectivity index (χ1n) is 11.2. The van der Waals surface area contributed by atoms with Crippen LogP contribution in [-0.2, 0) is 14.9 Å². The second kappa shape index (κ2) is 11.4. The number of nitrogens with one attached hydrogen (secondary N) is 1. The normalized spacial score (nSPS) is 11.3. The molecule has 0 saturated carbocycles. The van der Waals surface area contributed by atoms with Crippen molar-refractivity contribution in [3.05, 3.63) is 70.9 Å². The monoisotopic (exact) mass is 498 g/mol. The van der Waals surface area contributed by atoms with Crippen LogP contribution >= 0.6 is 11.6 Å². The maximum atomic E-state index is 13.1. The summed E-state index contributed by atoms with van der Waals surface area (Å²) in [5.41, 5.74) is 1.67. The number of ether oxygens (including phenoxy) is 2. The summed E-state index contributed by atoms with van der Waals surface area (Å²) >= 11 is 6.22.